The molecule has 0 heterocycles. The van der Waals surface area contributed by atoms with Crippen LogP contribution in [-0.4, -0.2) is 32.1 Å². The van der Waals surface area contributed by atoms with Gasteiger partial charge in [-0.15, -0.1) is 0 Å². The minimum Gasteiger partial charge on any atom is -0.496 e. The van der Waals surface area contributed by atoms with Crippen molar-refractivity contribution in [2.45, 2.75) is 12.6 Å². The SMILES string of the molecule is COc1ccccc1CCNC(=O)COC(=O)c1ccc(C(F)(F)F)cc1N. The van der Waals surface area contributed by atoms with Gasteiger partial charge in [-0.3, -0.25) is 4.79 Å². The Kier molecular flexibility index (Phi) is 6.86. The van der Waals surface area contributed by atoms with Crippen molar-refractivity contribution in [2.75, 3.05) is 26.0 Å². The number of hydrogen-bond donors (Lipinski definition) is 2. The van der Waals surface area contributed by atoms with Crippen LogP contribution in [0.3, 0.4) is 0 Å². The minimum atomic E-state index is -4.57. The summed E-state index contributed by atoms with van der Waals surface area (Å²) in [6.45, 7) is -0.287. The first-order chi connectivity index (χ1) is 13.2. The zero-order valence-corrected chi connectivity index (χ0v) is 15.0. The van der Waals surface area contributed by atoms with Gasteiger partial charge in [-0.1, -0.05) is 18.2 Å². The average molecular weight is 396 g/mol. The van der Waals surface area contributed by atoms with Crippen molar-refractivity contribution in [3.8, 4) is 5.75 Å². The summed E-state index contributed by atoms with van der Waals surface area (Å²) < 4.78 is 47.8. The molecule has 0 atom stereocenters. The summed E-state index contributed by atoms with van der Waals surface area (Å²) in [4.78, 5) is 23.7. The van der Waals surface area contributed by atoms with E-state index in [1.807, 2.05) is 18.2 Å². The average Bonchev–Trinajstić information content (AvgIpc) is 2.65. The second-order valence-corrected chi connectivity index (χ2v) is 5.79. The number of esters is 1. The van der Waals surface area contributed by atoms with Crippen LogP contribution in [0.1, 0.15) is 21.5 Å². The molecule has 6 nitrogen and oxygen atoms in total. The first kappa shape index (κ1) is 21.1. The number of methoxy groups -OCH3 is 1. The van der Waals surface area contributed by atoms with E-state index in [0.29, 0.717) is 24.8 Å². The molecule has 2 rings (SSSR count). The molecule has 150 valence electrons. The molecule has 0 fully saturated rings. The Morgan fingerprint density at radius 3 is 2.50 bits per heavy atom. The summed E-state index contributed by atoms with van der Waals surface area (Å²) in [7, 11) is 1.55. The van der Waals surface area contributed by atoms with Crippen molar-refractivity contribution in [3.63, 3.8) is 0 Å². The first-order valence-electron chi connectivity index (χ1n) is 8.25. The largest absolute Gasteiger partial charge is 0.496 e. The molecule has 0 aliphatic heterocycles. The van der Waals surface area contributed by atoms with E-state index in [1.54, 1.807) is 13.2 Å². The molecule has 28 heavy (non-hydrogen) atoms. The van der Waals surface area contributed by atoms with E-state index >= 15 is 0 Å². The molecule has 3 N–H and O–H groups in total. The van der Waals surface area contributed by atoms with Crippen LogP contribution in [-0.2, 0) is 22.1 Å². The number of anilines is 1. The molecule has 0 radical (unpaired) electrons. The fourth-order valence-electron chi connectivity index (χ4n) is 2.43. The van der Waals surface area contributed by atoms with Crippen LogP contribution in [0.25, 0.3) is 0 Å². The maximum absolute atomic E-state index is 12.6. The van der Waals surface area contributed by atoms with E-state index in [1.165, 1.54) is 0 Å². The van der Waals surface area contributed by atoms with E-state index in [4.69, 9.17) is 15.2 Å². The maximum Gasteiger partial charge on any atom is 0.416 e. The van der Waals surface area contributed by atoms with Gasteiger partial charge in [-0.05, 0) is 36.2 Å². The van der Waals surface area contributed by atoms with Gasteiger partial charge in [0.25, 0.3) is 5.91 Å². The Hall–Kier alpha value is -3.23. The smallest absolute Gasteiger partial charge is 0.416 e. The number of ether oxygens (including phenoxy) is 2. The lowest BCUT2D eigenvalue weighted by Crippen LogP contribution is -2.30. The molecule has 0 aliphatic carbocycles. The molecule has 2 aromatic carbocycles. The summed E-state index contributed by atoms with van der Waals surface area (Å²) in [5, 5.41) is 2.58. The Bertz CT molecular complexity index is 853. The maximum atomic E-state index is 12.6. The van der Waals surface area contributed by atoms with Crippen LogP contribution >= 0.6 is 0 Å². The molecular weight excluding hydrogens is 377 g/mol. The number of para-hydroxylation sites is 1. The Balaban J connectivity index is 1.83. The summed E-state index contributed by atoms with van der Waals surface area (Å²) in [6.07, 6.45) is -4.06. The predicted octanol–water partition coefficient (Wildman–Crippen LogP) is 2.81. The summed E-state index contributed by atoms with van der Waals surface area (Å²) in [5.41, 5.74) is 4.79. The van der Waals surface area contributed by atoms with E-state index < -0.39 is 30.2 Å². The van der Waals surface area contributed by atoms with E-state index in [9.17, 15) is 22.8 Å². The predicted molar refractivity (Wildman–Crippen MR) is 95.8 cm³/mol. The fraction of sp³-hybridized carbons (Fsp3) is 0.263. The number of nitrogen functional groups attached to an aromatic ring is 1. The number of alkyl halides is 3. The van der Waals surface area contributed by atoms with Crippen LogP contribution in [0, 0.1) is 0 Å². The Morgan fingerprint density at radius 1 is 1.14 bits per heavy atom. The highest BCUT2D eigenvalue weighted by Crippen LogP contribution is 2.31. The highest BCUT2D eigenvalue weighted by Gasteiger charge is 2.31. The quantitative estimate of drug-likeness (QED) is 0.555. The van der Waals surface area contributed by atoms with E-state index in [2.05, 4.69) is 5.32 Å². The fourth-order valence-corrected chi connectivity index (χ4v) is 2.43. The molecule has 0 saturated carbocycles. The summed E-state index contributed by atoms with van der Waals surface area (Å²) in [5.74, 6) is -0.833. The number of nitrogens with one attached hydrogen (secondary N) is 1. The second kappa shape index (κ2) is 9.12. The molecule has 2 aromatic rings. The van der Waals surface area contributed by atoms with Gasteiger partial charge < -0.3 is 20.5 Å². The van der Waals surface area contributed by atoms with Crippen molar-refractivity contribution >= 4 is 17.6 Å². The lowest BCUT2D eigenvalue weighted by atomic mass is 10.1. The Morgan fingerprint density at radius 2 is 1.86 bits per heavy atom. The first-order valence-corrected chi connectivity index (χ1v) is 8.25. The highest BCUT2D eigenvalue weighted by atomic mass is 19.4. The molecule has 0 saturated heterocycles. The van der Waals surface area contributed by atoms with E-state index in [0.717, 1.165) is 17.7 Å². The van der Waals surface area contributed by atoms with Gasteiger partial charge in [-0.25, -0.2) is 4.79 Å². The topological polar surface area (TPSA) is 90.6 Å². The third-order valence-corrected chi connectivity index (χ3v) is 3.84. The number of hydrogen-bond acceptors (Lipinski definition) is 5. The second-order valence-electron chi connectivity index (χ2n) is 5.79. The molecule has 9 heteroatoms. The minimum absolute atomic E-state index is 0.241. The van der Waals surface area contributed by atoms with E-state index in [-0.39, 0.29) is 11.3 Å². The van der Waals surface area contributed by atoms with Gasteiger partial charge in [0.05, 0.1) is 18.2 Å². The molecular formula is C19H19F3N2O4. The molecule has 0 unspecified atom stereocenters. The van der Waals surface area contributed by atoms with Gasteiger partial charge in [0, 0.05) is 12.2 Å². The van der Waals surface area contributed by atoms with Crippen LogP contribution < -0.4 is 15.8 Å². The number of amides is 1. The van der Waals surface area contributed by atoms with Gasteiger partial charge >= 0.3 is 12.1 Å². The third-order valence-electron chi connectivity index (χ3n) is 3.84. The zero-order valence-electron chi connectivity index (χ0n) is 15.0. The standard InChI is InChI=1S/C19H19F3N2O4/c1-27-16-5-3-2-4-12(16)8-9-24-17(25)11-28-18(26)14-7-6-13(10-15(14)23)19(20,21)22/h2-7,10H,8-9,11,23H2,1H3,(H,24,25). The van der Waals surface area contributed by atoms with Crippen molar-refractivity contribution in [1.29, 1.82) is 0 Å². The number of nitrogens with two attached hydrogens (primary N) is 1. The molecule has 0 spiro atoms. The molecule has 1 amide bonds. The summed E-state index contributed by atoms with van der Waals surface area (Å²) in [6, 6.07) is 9.61. The normalized spacial score (nSPS) is 11.0. The van der Waals surface area contributed by atoms with Crippen molar-refractivity contribution in [2.24, 2.45) is 0 Å². The van der Waals surface area contributed by atoms with Crippen LogP contribution in [0.2, 0.25) is 0 Å². The third kappa shape index (κ3) is 5.63. The van der Waals surface area contributed by atoms with Crippen molar-refractivity contribution in [1.82, 2.24) is 5.32 Å². The lowest BCUT2D eigenvalue weighted by molar-refractivity contribution is -0.137. The van der Waals surface area contributed by atoms with Crippen LogP contribution in [0.5, 0.6) is 5.75 Å². The Labute approximate surface area is 159 Å². The van der Waals surface area contributed by atoms with Crippen LogP contribution in [0.4, 0.5) is 18.9 Å². The number of carbonyl (C=O) groups is 2. The number of rotatable bonds is 7. The summed E-state index contributed by atoms with van der Waals surface area (Å²) >= 11 is 0. The number of carbonyl (C=O) groups excluding carboxylic acids is 2. The van der Waals surface area contributed by atoms with Crippen LogP contribution in [0.15, 0.2) is 42.5 Å². The van der Waals surface area contributed by atoms with Gasteiger partial charge in [-0.2, -0.15) is 13.2 Å². The monoisotopic (exact) mass is 396 g/mol. The van der Waals surface area contributed by atoms with Crippen molar-refractivity contribution in [3.05, 3.63) is 59.2 Å². The number of halogens is 3. The van der Waals surface area contributed by atoms with Crippen molar-refractivity contribution < 1.29 is 32.2 Å². The molecule has 0 aromatic heterocycles. The zero-order chi connectivity index (χ0) is 20.7. The number of benzene rings is 2. The molecule has 0 bridgehead atoms. The van der Waals surface area contributed by atoms with Gasteiger partial charge in [0.2, 0.25) is 0 Å². The van der Waals surface area contributed by atoms with Gasteiger partial charge in [0.15, 0.2) is 6.61 Å². The highest BCUT2D eigenvalue weighted by molar-refractivity contribution is 5.96. The lowest BCUT2D eigenvalue weighted by Gasteiger charge is -2.11. The van der Waals surface area contributed by atoms with Gasteiger partial charge in [0.1, 0.15) is 5.75 Å². The molecule has 0 aliphatic rings.